The monoisotopic (exact) mass is 1120 g/mol. The smallest absolute Gasteiger partial charge is 0.326 e. The molecule has 9 amide bonds. The quantitative estimate of drug-likeness (QED) is 0.0173. The standard InChI is InChI=1S/C46H73N15O16S/c1-22(2)35(61-43(74)34(20-65)59-42(73)32(18-63)58-41(72)31(17-62)57-36(67)23(3)53-37(68)27(47)6-5-12-51-46(48)49)44(75)60-33(19-64)40(71)55-29(14-24-7-9-26(66)10-8-24)39(70)54-28(11-13-78-4)38(69)56-30(45(76)77)15-25-16-50-21-52-25/h7-10,16,21-23,27-35,62-66H,5-6,11-15,17-20,47H2,1-4H3,(H,50,52)(H,53,68)(H,54,70)(H,55,71)(H,56,69)(H,57,67)(H,58,72)(H,59,73)(H,60,75)(H,61,74)(H,76,77)(H4,48,49,51)/t23-,27-,28-,29-,30-,31-,32-,33-,34-,35-/m0/s1. The molecular weight excluding hydrogens is 1050 g/mol. The number of nitrogens with two attached hydrogens (primary N) is 2. The van der Waals surface area contributed by atoms with E-state index < -0.39 is 152 Å². The number of carboxylic acid groups (broad SMARTS) is 1. The van der Waals surface area contributed by atoms with E-state index in [2.05, 4.69) is 63.1 Å². The number of H-pyrrole nitrogens is 1. The van der Waals surface area contributed by atoms with Gasteiger partial charge in [0.2, 0.25) is 53.2 Å². The number of aromatic amines is 1. The number of amides is 9. The number of hydrogen-bond acceptors (Lipinski definition) is 19. The molecule has 31 nitrogen and oxygen atoms in total. The van der Waals surface area contributed by atoms with Gasteiger partial charge in [0.15, 0.2) is 5.96 Å². The van der Waals surface area contributed by atoms with E-state index in [1.54, 1.807) is 6.26 Å². The summed E-state index contributed by atoms with van der Waals surface area (Å²) in [4.78, 5) is 139. The number of rotatable bonds is 35. The maximum atomic E-state index is 14.0. The van der Waals surface area contributed by atoms with Crippen molar-refractivity contribution >= 4 is 76.9 Å². The number of phenolic OH excluding ortho intramolecular Hbond substituents is 1. The Morgan fingerprint density at radius 2 is 1.08 bits per heavy atom. The second-order valence-electron chi connectivity index (χ2n) is 18.0. The average molecular weight is 1120 g/mol. The highest BCUT2D eigenvalue weighted by molar-refractivity contribution is 7.98. The van der Waals surface area contributed by atoms with Crippen molar-refractivity contribution in [3.05, 3.63) is 48.0 Å². The molecule has 0 aliphatic rings. The Morgan fingerprint density at radius 3 is 1.55 bits per heavy atom. The fourth-order valence-corrected chi connectivity index (χ4v) is 7.41. The second kappa shape index (κ2) is 34.2. The van der Waals surface area contributed by atoms with E-state index >= 15 is 0 Å². The van der Waals surface area contributed by atoms with Gasteiger partial charge in [0.25, 0.3) is 0 Å². The molecular formula is C46H73N15O16S. The number of aliphatic carboxylic acids is 1. The normalized spacial score (nSPS) is 14.9. The summed E-state index contributed by atoms with van der Waals surface area (Å²) in [5, 5.41) is 90.5. The van der Waals surface area contributed by atoms with Gasteiger partial charge in [-0.2, -0.15) is 11.8 Å². The Morgan fingerprint density at radius 1 is 0.615 bits per heavy atom. The first-order valence-electron chi connectivity index (χ1n) is 24.4. The number of thioether (sulfide) groups is 1. The Hall–Kier alpha value is -7.65. The maximum absolute atomic E-state index is 14.0. The van der Waals surface area contributed by atoms with Crippen molar-refractivity contribution in [2.24, 2.45) is 17.4 Å². The first-order chi connectivity index (χ1) is 36.9. The Balaban J connectivity index is 2.18. The lowest BCUT2D eigenvalue weighted by Crippen LogP contribution is -2.62. The summed E-state index contributed by atoms with van der Waals surface area (Å²) in [6.07, 6.45) is 4.58. The summed E-state index contributed by atoms with van der Waals surface area (Å²) in [6.45, 7) is 0.157. The molecule has 2 aromatic rings. The van der Waals surface area contributed by atoms with Gasteiger partial charge in [-0.05, 0) is 61.8 Å². The van der Waals surface area contributed by atoms with E-state index in [-0.39, 0.29) is 43.9 Å². The van der Waals surface area contributed by atoms with E-state index in [4.69, 9.17) is 16.9 Å². The van der Waals surface area contributed by atoms with E-state index in [0.717, 1.165) is 0 Å². The van der Waals surface area contributed by atoms with Gasteiger partial charge < -0.3 is 100 Å². The van der Waals surface area contributed by atoms with Crippen molar-refractivity contribution in [1.29, 1.82) is 5.41 Å². The number of benzene rings is 1. The van der Waals surface area contributed by atoms with Crippen LogP contribution >= 0.6 is 11.8 Å². The number of nitrogens with one attached hydrogen (secondary N) is 12. The van der Waals surface area contributed by atoms with Gasteiger partial charge in [-0.15, -0.1) is 0 Å². The average Bonchev–Trinajstić information content (AvgIpc) is 3.92. The van der Waals surface area contributed by atoms with Crippen LogP contribution in [0, 0.1) is 11.3 Å². The van der Waals surface area contributed by atoms with Crippen molar-refractivity contribution in [2.45, 2.75) is 113 Å². The topological polar surface area (TPSA) is 517 Å². The Bertz CT molecular complexity index is 2330. The summed E-state index contributed by atoms with van der Waals surface area (Å²) in [5.74, 6) is -11.5. The summed E-state index contributed by atoms with van der Waals surface area (Å²) in [5.41, 5.74) is 11.8. The molecule has 434 valence electrons. The van der Waals surface area contributed by atoms with Crippen LogP contribution < -0.4 is 64.6 Å². The van der Waals surface area contributed by atoms with Crippen LogP contribution in [0.25, 0.3) is 0 Å². The number of phenols is 1. The molecule has 0 aliphatic heterocycles. The molecule has 0 radical (unpaired) electrons. The third-order valence-corrected chi connectivity index (χ3v) is 12.1. The van der Waals surface area contributed by atoms with Crippen LogP contribution in [0.2, 0.25) is 0 Å². The van der Waals surface area contributed by atoms with Gasteiger partial charge in [-0.1, -0.05) is 26.0 Å². The molecule has 1 heterocycles. The van der Waals surface area contributed by atoms with Crippen molar-refractivity contribution < 1.29 is 78.6 Å². The number of aromatic hydroxyl groups is 1. The molecule has 32 heteroatoms. The third kappa shape index (κ3) is 22.9. The lowest BCUT2D eigenvalue weighted by atomic mass is 10.0. The number of guanidine groups is 1. The molecule has 1 aromatic carbocycles. The van der Waals surface area contributed by atoms with E-state index in [0.29, 0.717) is 23.4 Å². The lowest BCUT2D eigenvalue weighted by Gasteiger charge is -2.28. The summed E-state index contributed by atoms with van der Waals surface area (Å²) in [6, 6.07) is -9.90. The van der Waals surface area contributed by atoms with Crippen LogP contribution in [0.15, 0.2) is 36.8 Å². The van der Waals surface area contributed by atoms with Crippen LogP contribution in [0.4, 0.5) is 0 Å². The van der Waals surface area contributed by atoms with Crippen LogP contribution in [-0.4, -0.2) is 211 Å². The number of carboxylic acids is 1. The summed E-state index contributed by atoms with van der Waals surface area (Å²) in [7, 11) is 0. The second-order valence-corrected chi connectivity index (χ2v) is 18.9. The highest BCUT2D eigenvalue weighted by Gasteiger charge is 2.36. The van der Waals surface area contributed by atoms with Crippen LogP contribution in [0.1, 0.15) is 51.3 Å². The van der Waals surface area contributed by atoms with Gasteiger partial charge in [0, 0.05) is 25.6 Å². The predicted octanol–water partition coefficient (Wildman–Crippen LogP) is -7.66. The lowest BCUT2D eigenvalue weighted by molar-refractivity contribution is -0.142. The van der Waals surface area contributed by atoms with Gasteiger partial charge in [-0.25, -0.2) is 9.78 Å². The zero-order chi connectivity index (χ0) is 58.6. The fourth-order valence-electron chi connectivity index (χ4n) is 6.94. The number of aliphatic hydroxyl groups is 4. The number of aromatic nitrogens is 2. The number of carbonyl (C=O) groups excluding carboxylic acids is 9. The van der Waals surface area contributed by atoms with E-state index in [1.807, 2.05) is 0 Å². The van der Waals surface area contributed by atoms with Gasteiger partial charge in [0.1, 0.15) is 60.1 Å². The maximum Gasteiger partial charge on any atom is 0.326 e. The highest BCUT2D eigenvalue weighted by atomic mass is 32.2. The van der Waals surface area contributed by atoms with E-state index in [9.17, 15) is 78.6 Å². The zero-order valence-electron chi connectivity index (χ0n) is 43.4. The first kappa shape index (κ1) is 66.5. The van der Waals surface area contributed by atoms with Gasteiger partial charge in [-0.3, -0.25) is 48.6 Å². The highest BCUT2D eigenvalue weighted by Crippen LogP contribution is 2.13. The van der Waals surface area contributed by atoms with Gasteiger partial charge >= 0.3 is 5.97 Å². The fraction of sp³-hybridized carbons (Fsp3) is 0.565. The molecule has 0 spiro atoms. The Labute approximate surface area is 452 Å². The van der Waals surface area contributed by atoms with E-state index in [1.165, 1.54) is 69.3 Å². The minimum absolute atomic E-state index is 0.0170. The number of hydrogen-bond donors (Lipinski definition) is 20. The van der Waals surface area contributed by atoms with Crippen molar-refractivity contribution in [2.75, 3.05) is 45.0 Å². The molecule has 0 bridgehead atoms. The largest absolute Gasteiger partial charge is 0.508 e. The molecule has 22 N–H and O–H groups in total. The molecule has 0 unspecified atom stereocenters. The Kier molecular flexibility index (Phi) is 29.1. The molecule has 0 saturated heterocycles. The number of carbonyl (C=O) groups is 10. The van der Waals surface area contributed by atoms with Crippen molar-refractivity contribution in [3.63, 3.8) is 0 Å². The third-order valence-electron chi connectivity index (χ3n) is 11.4. The molecule has 2 rings (SSSR count). The minimum atomic E-state index is -1.86. The predicted molar refractivity (Wildman–Crippen MR) is 278 cm³/mol. The number of imidazole rings is 1. The van der Waals surface area contributed by atoms with Crippen LogP contribution in [0.3, 0.4) is 0 Å². The number of aliphatic hydroxyl groups excluding tert-OH is 4. The van der Waals surface area contributed by atoms with Crippen LogP contribution in [0.5, 0.6) is 5.75 Å². The zero-order valence-corrected chi connectivity index (χ0v) is 44.2. The molecule has 1 aromatic heterocycles. The minimum Gasteiger partial charge on any atom is -0.508 e. The first-order valence-corrected chi connectivity index (χ1v) is 25.8. The van der Waals surface area contributed by atoms with Crippen molar-refractivity contribution in [1.82, 2.24) is 63.1 Å². The SMILES string of the molecule is CSCC[C@H](NC(=O)[C@H](Cc1ccc(O)cc1)NC(=O)[C@H](CO)NC(=O)[C@@H](NC(=O)[C@H](CO)NC(=O)[C@H](CO)NC(=O)[C@H](CO)NC(=O)[C@H](C)NC(=O)[C@@H](N)CCCNC(=N)N)C(C)C)C(=O)N[C@@H](Cc1c[nH]cn1)C(=O)O. The molecule has 0 saturated carbocycles. The summed E-state index contributed by atoms with van der Waals surface area (Å²) < 4.78 is 0. The molecule has 0 aliphatic carbocycles. The van der Waals surface area contributed by atoms with Crippen LogP contribution in [-0.2, 0) is 60.8 Å². The molecule has 0 fully saturated rings. The summed E-state index contributed by atoms with van der Waals surface area (Å²) >= 11 is 1.33. The molecule has 10 atom stereocenters. The molecule has 78 heavy (non-hydrogen) atoms. The number of nitrogens with zero attached hydrogens (tertiary/aromatic N) is 1. The van der Waals surface area contributed by atoms with Gasteiger partial charge in [0.05, 0.1) is 44.5 Å². The van der Waals surface area contributed by atoms with Crippen molar-refractivity contribution in [3.8, 4) is 5.75 Å².